The van der Waals surface area contributed by atoms with Gasteiger partial charge >= 0.3 is 0 Å². The number of halogens is 1. The van der Waals surface area contributed by atoms with Gasteiger partial charge in [-0.05, 0) is 38.3 Å². The van der Waals surface area contributed by atoms with Crippen LogP contribution in [0.1, 0.15) is 54.4 Å². The van der Waals surface area contributed by atoms with Gasteiger partial charge in [0, 0.05) is 18.3 Å². The Balaban J connectivity index is 0.00000192. The molecule has 0 spiro atoms. The zero-order chi connectivity index (χ0) is 15.7. The number of carbonyl (C=O) groups excluding carboxylic acids is 1. The topological polar surface area (TPSA) is 80.0 Å². The summed E-state index contributed by atoms with van der Waals surface area (Å²) in [5.74, 6) is 0.145. The third-order valence-corrected chi connectivity index (χ3v) is 4.11. The van der Waals surface area contributed by atoms with Gasteiger partial charge in [-0.2, -0.15) is 0 Å². The Bertz CT molecular complexity index is 693. The number of aromatic nitrogens is 2. The molecule has 3 heterocycles. The summed E-state index contributed by atoms with van der Waals surface area (Å²) in [7, 11) is 0. The molecule has 1 amide bonds. The van der Waals surface area contributed by atoms with Crippen LogP contribution >= 0.6 is 12.4 Å². The first-order chi connectivity index (χ1) is 10.6. The van der Waals surface area contributed by atoms with Gasteiger partial charge in [0.2, 0.25) is 0 Å². The number of nitrogens with one attached hydrogen (secondary N) is 2. The number of pyridine rings is 1. The lowest BCUT2D eigenvalue weighted by Gasteiger charge is -2.24. The normalized spacial score (nSPS) is 18.0. The molecule has 1 aliphatic heterocycles. The molecule has 0 radical (unpaired) electrons. The number of hydrogen-bond donors (Lipinski definition) is 2. The number of rotatable bonds is 3. The molecule has 0 unspecified atom stereocenters. The molecule has 2 aromatic rings. The summed E-state index contributed by atoms with van der Waals surface area (Å²) in [6, 6.07) is 2.04. The third kappa shape index (κ3) is 3.64. The molecule has 0 bridgehead atoms. The van der Waals surface area contributed by atoms with Crippen molar-refractivity contribution in [1.29, 1.82) is 0 Å². The Morgan fingerprint density at radius 2 is 2.26 bits per heavy atom. The Hall–Kier alpha value is -1.66. The van der Waals surface area contributed by atoms with Crippen LogP contribution in [0.3, 0.4) is 0 Å². The highest BCUT2D eigenvalue weighted by Gasteiger charge is 2.22. The minimum Gasteiger partial charge on any atom is -0.348 e. The molecule has 1 fully saturated rings. The van der Waals surface area contributed by atoms with Crippen LogP contribution in [-0.4, -0.2) is 35.2 Å². The zero-order valence-corrected chi connectivity index (χ0v) is 14.5. The highest BCUT2D eigenvalue weighted by molar-refractivity contribution is 6.06. The van der Waals surface area contributed by atoms with E-state index in [1.54, 1.807) is 0 Å². The van der Waals surface area contributed by atoms with Crippen molar-refractivity contribution in [1.82, 2.24) is 20.8 Å². The van der Waals surface area contributed by atoms with Gasteiger partial charge in [0.05, 0.1) is 16.6 Å². The SMILES string of the molecule is Cc1noc2nc(C(C)C)cc(C(=O)N[C@H]3CCCNC3)c12.Cl. The predicted octanol–water partition coefficient (Wildman–Crippen LogP) is 2.56. The molecule has 0 saturated carbocycles. The Morgan fingerprint density at radius 3 is 2.91 bits per heavy atom. The van der Waals surface area contributed by atoms with Crippen LogP contribution < -0.4 is 10.6 Å². The van der Waals surface area contributed by atoms with Crippen molar-refractivity contribution >= 4 is 29.4 Å². The molecule has 1 atom stereocenters. The van der Waals surface area contributed by atoms with Crippen LogP contribution in [0.4, 0.5) is 0 Å². The van der Waals surface area contributed by atoms with E-state index in [4.69, 9.17) is 4.52 Å². The van der Waals surface area contributed by atoms with E-state index in [-0.39, 0.29) is 30.3 Å². The summed E-state index contributed by atoms with van der Waals surface area (Å²) in [5.41, 5.74) is 2.59. The van der Waals surface area contributed by atoms with E-state index in [2.05, 4.69) is 20.8 Å². The molecule has 126 valence electrons. The van der Waals surface area contributed by atoms with Gasteiger partial charge in [-0.1, -0.05) is 19.0 Å². The van der Waals surface area contributed by atoms with Gasteiger partial charge in [0.25, 0.3) is 11.6 Å². The summed E-state index contributed by atoms with van der Waals surface area (Å²) in [6.07, 6.45) is 2.09. The van der Waals surface area contributed by atoms with Crippen molar-refractivity contribution < 1.29 is 9.32 Å². The minimum absolute atomic E-state index is 0. The molecular formula is C16H23ClN4O2. The number of piperidine rings is 1. The molecule has 7 heteroatoms. The standard InChI is InChI=1S/C16H22N4O2.ClH/c1-9(2)13-7-12(14-10(3)20-22-16(14)19-13)15(21)18-11-5-4-6-17-8-11;/h7,9,11,17H,4-6,8H2,1-3H3,(H,18,21);1H/t11-;/m0./s1. The molecule has 2 N–H and O–H groups in total. The lowest BCUT2D eigenvalue weighted by molar-refractivity contribution is 0.0932. The lowest BCUT2D eigenvalue weighted by Crippen LogP contribution is -2.45. The Labute approximate surface area is 141 Å². The quantitative estimate of drug-likeness (QED) is 0.899. The highest BCUT2D eigenvalue weighted by atomic mass is 35.5. The van der Waals surface area contributed by atoms with Crippen LogP contribution in [0, 0.1) is 6.92 Å². The number of amides is 1. The van der Waals surface area contributed by atoms with Gasteiger partial charge in [-0.25, -0.2) is 4.98 Å². The van der Waals surface area contributed by atoms with Crippen LogP contribution in [0.15, 0.2) is 10.6 Å². The van der Waals surface area contributed by atoms with Crippen molar-refractivity contribution in [3.05, 3.63) is 23.0 Å². The molecule has 2 aromatic heterocycles. The van der Waals surface area contributed by atoms with E-state index in [1.165, 1.54) is 0 Å². The number of fused-ring (bicyclic) bond motifs is 1. The van der Waals surface area contributed by atoms with E-state index in [9.17, 15) is 4.79 Å². The maximum absolute atomic E-state index is 12.7. The van der Waals surface area contributed by atoms with Gasteiger partial charge < -0.3 is 15.2 Å². The molecular weight excluding hydrogens is 316 g/mol. The number of hydrogen-bond acceptors (Lipinski definition) is 5. The van der Waals surface area contributed by atoms with Crippen molar-refractivity contribution in [3.63, 3.8) is 0 Å². The first-order valence-corrected chi connectivity index (χ1v) is 7.84. The Morgan fingerprint density at radius 1 is 1.48 bits per heavy atom. The number of nitrogens with zero attached hydrogens (tertiary/aromatic N) is 2. The van der Waals surface area contributed by atoms with Gasteiger partial charge in [0.15, 0.2) is 0 Å². The number of aryl methyl sites for hydroxylation is 1. The molecule has 3 rings (SSSR count). The fraction of sp³-hybridized carbons (Fsp3) is 0.562. The minimum atomic E-state index is -0.0747. The predicted molar refractivity (Wildman–Crippen MR) is 91.2 cm³/mol. The molecule has 1 saturated heterocycles. The molecule has 0 aromatic carbocycles. The van der Waals surface area contributed by atoms with Crippen molar-refractivity contribution in [2.24, 2.45) is 0 Å². The van der Waals surface area contributed by atoms with Gasteiger partial charge in [0.1, 0.15) is 0 Å². The fourth-order valence-corrected chi connectivity index (χ4v) is 2.83. The second kappa shape index (κ2) is 7.27. The van der Waals surface area contributed by atoms with Crippen molar-refractivity contribution in [3.8, 4) is 0 Å². The molecule has 1 aliphatic rings. The largest absolute Gasteiger partial charge is 0.348 e. The monoisotopic (exact) mass is 338 g/mol. The molecule has 6 nitrogen and oxygen atoms in total. The summed E-state index contributed by atoms with van der Waals surface area (Å²) < 4.78 is 5.27. The van der Waals surface area contributed by atoms with Crippen LogP contribution in [0.2, 0.25) is 0 Å². The highest BCUT2D eigenvalue weighted by Crippen LogP contribution is 2.25. The van der Waals surface area contributed by atoms with Crippen LogP contribution in [0.5, 0.6) is 0 Å². The summed E-state index contributed by atoms with van der Waals surface area (Å²) >= 11 is 0. The molecule has 23 heavy (non-hydrogen) atoms. The maximum atomic E-state index is 12.7. The smallest absolute Gasteiger partial charge is 0.259 e. The van der Waals surface area contributed by atoms with Crippen molar-refractivity contribution in [2.75, 3.05) is 13.1 Å². The zero-order valence-electron chi connectivity index (χ0n) is 13.7. The van der Waals surface area contributed by atoms with E-state index in [0.717, 1.165) is 31.6 Å². The number of carbonyl (C=O) groups is 1. The second-order valence-corrected chi connectivity index (χ2v) is 6.21. The first-order valence-electron chi connectivity index (χ1n) is 7.84. The van der Waals surface area contributed by atoms with Gasteiger partial charge in [-0.15, -0.1) is 12.4 Å². The van der Waals surface area contributed by atoms with E-state index in [0.29, 0.717) is 22.4 Å². The van der Waals surface area contributed by atoms with Crippen LogP contribution in [-0.2, 0) is 0 Å². The van der Waals surface area contributed by atoms with Crippen molar-refractivity contribution in [2.45, 2.75) is 45.6 Å². The Kier molecular flexibility index (Phi) is 5.59. The first kappa shape index (κ1) is 17.7. The average molecular weight is 339 g/mol. The van der Waals surface area contributed by atoms with Gasteiger partial charge in [-0.3, -0.25) is 4.79 Å². The lowest BCUT2D eigenvalue weighted by atomic mass is 10.0. The van der Waals surface area contributed by atoms with E-state index in [1.807, 2.05) is 26.8 Å². The summed E-state index contributed by atoms with van der Waals surface area (Å²) in [6.45, 7) is 7.77. The van der Waals surface area contributed by atoms with Crippen LogP contribution in [0.25, 0.3) is 11.1 Å². The molecule has 0 aliphatic carbocycles. The van der Waals surface area contributed by atoms with E-state index >= 15 is 0 Å². The van der Waals surface area contributed by atoms with E-state index < -0.39 is 0 Å². The fourth-order valence-electron chi connectivity index (χ4n) is 2.83. The summed E-state index contributed by atoms with van der Waals surface area (Å²) in [4.78, 5) is 17.2. The maximum Gasteiger partial charge on any atom is 0.259 e. The summed E-state index contributed by atoms with van der Waals surface area (Å²) in [5, 5.41) is 11.1. The third-order valence-electron chi connectivity index (χ3n) is 4.11. The average Bonchev–Trinajstić information content (AvgIpc) is 2.89. The second-order valence-electron chi connectivity index (χ2n) is 6.21.